The number of hydrogen-bond donors (Lipinski definition) is 0. The van der Waals surface area contributed by atoms with Gasteiger partial charge in [0.05, 0.1) is 0 Å². The molecular weight excluding hydrogens is 400 g/mol. The maximum absolute atomic E-state index is 13.7. The van der Waals surface area contributed by atoms with Crippen LogP contribution in [0.15, 0.2) is 109 Å². The number of sulfone groups is 1. The van der Waals surface area contributed by atoms with Crippen LogP contribution >= 0.6 is 0 Å². The van der Waals surface area contributed by atoms with Gasteiger partial charge in [-0.15, -0.1) is 0 Å². The smallest absolute Gasteiger partial charge is 0.171 e. The minimum Gasteiger partial charge on any atom is -0.227 e. The first-order chi connectivity index (χ1) is 15.2. The third kappa shape index (κ3) is 2.60. The van der Waals surface area contributed by atoms with Crippen LogP contribution in [-0.4, -0.2) is 8.42 Å². The predicted octanol–water partition coefficient (Wildman–Crippen LogP) is 6.81. The van der Waals surface area contributed by atoms with Gasteiger partial charge in [-0.3, -0.25) is 0 Å². The van der Waals surface area contributed by atoms with E-state index in [2.05, 4.69) is 36.4 Å². The first-order valence-corrected chi connectivity index (χ1v) is 12.1. The van der Waals surface area contributed by atoms with Crippen molar-refractivity contribution in [2.75, 3.05) is 0 Å². The summed E-state index contributed by atoms with van der Waals surface area (Å²) in [6, 6.07) is 28.6. The molecule has 4 aromatic rings. The van der Waals surface area contributed by atoms with Crippen molar-refractivity contribution in [1.29, 1.82) is 0 Å². The lowest BCUT2D eigenvalue weighted by Crippen LogP contribution is -2.08. The van der Waals surface area contributed by atoms with Crippen LogP contribution in [0.3, 0.4) is 0 Å². The molecule has 2 aliphatic heterocycles. The van der Waals surface area contributed by atoms with Gasteiger partial charge in [-0.05, 0) is 44.2 Å². The summed E-state index contributed by atoms with van der Waals surface area (Å²) in [4.78, 5) is 0. The fraction of sp³-hybridized carbons (Fsp3) is 0.0714. The van der Waals surface area contributed by atoms with Crippen LogP contribution in [0.4, 0.5) is 0 Å². The molecule has 2 heterocycles. The zero-order valence-electron chi connectivity index (χ0n) is 16.8. The Morgan fingerprint density at radius 1 is 0.516 bits per heavy atom. The van der Waals surface area contributed by atoms with E-state index in [-0.39, 0.29) is 0 Å². The summed E-state index contributed by atoms with van der Waals surface area (Å²) in [5, 5.41) is 0.879. The molecule has 0 saturated carbocycles. The number of fused-ring (bicyclic) bond motifs is 6. The molecule has 31 heavy (non-hydrogen) atoms. The SMILES string of the molecule is O=S1(=O)C2C=CC=CC1c1c2c(-c2ccccc2)c2ccccc2c1-c1ccccc1. The zero-order valence-corrected chi connectivity index (χ0v) is 17.6. The van der Waals surface area contributed by atoms with Crippen molar-refractivity contribution in [3.63, 3.8) is 0 Å². The van der Waals surface area contributed by atoms with Crippen molar-refractivity contribution < 1.29 is 8.42 Å². The van der Waals surface area contributed by atoms with Gasteiger partial charge < -0.3 is 0 Å². The second-order valence-corrected chi connectivity index (χ2v) is 10.2. The van der Waals surface area contributed by atoms with E-state index < -0.39 is 20.3 Å². The average molecular weight is 421 g/mol. The maximum atomic E-state index is 13.7. The van der Waals surface area contributed by atoms with E-state index >= 15 is 0 Å². The van der Waals surface area contributed by atoms with Crippen LogP contribution in [0.2, 0.25) is 0 Å². The number of allylic oxidation sites excluding steroid dienone is 2. The molecule has 6 rings (SSSR count). The molecular formula is C28H20O2S. The number of rotatable bonds is 2. The van der Waals surface area contributed by atoms with Crippen molar-refractivity contribution >= 4 is 20.6 Å². The highest BCUT2D eigenvalue weighted by Gasteiger charge is 2.47. The molecule has 0 saturated heterocycles. The monoisotopic (exact) mass is 420 g/mol. The summed E-state index contributed by atoms with van der Waals surface area (Å²) in [6.07, 6.45) is 7.43. The van der Waals surface area contributed by atoms with Gasteiger partial charge >= 0.3 is 0 Å². The summed E-state index contributed by atoms with van der Waals surface area (Å²) >= 11 is 0. The van der Waals surface area contributed by atoms with Gasteiger partial charge in [0.25, 0.3) is 0 Å². The third-order valence-electron chi connectivity index (χ3n) is 6.38. The van der Waals surface area contributed by atoms with E-state index in [1.807, 2.05) is 72.8 Å². The number of hydrogen-bond acceptors (Lipinski definition) is 2. The quantitative estimate of drug-likeness (QED) is 0.357. The molecule has 0 aromatic heterocycles. The first kappa shape index (κ1) is 18.3. The van der Waals surface area contributed by atoms with Crippen LogP contribution in [0.1, 0.15) is 21.6 Å². The molecule has 0 N–H and O–H groups in total. The van der Waals surface area contributed by atoms with Crippen LogP contribution in [-0.2, 0) is 9.84 Å². The molecule has 2 atom stereocenters. The lowest BCUT2D eigenvalue weighted by Gasteiger charge is -2.21. The molecule has 0 fully saturated rings. The second kappa shape index (κ2) is 6.79. The molecule has 0 radical (unpaired) electrons. The van der Waals surface area contributed by atoms with Gasteiger partial charge in [-0.1, -0.05) is 109 Å². The van der Waals surface area contributed by atoms with E-state index in [9.17, 15) is 8.42 Å². The Balaban J connectivity index is 1.88. The highest BCUT2D eigenvalue weighted by Crippen LogP contribution is 2.57. The minimum absolute atomic E-state index is 0.648. The van der Waals surface area contributed by atoms with Gasteiger partial charge in [-0.2, -0.15) is 0 Å². The van der Waals surface area contributed by atoms with Crippen molar-refractivity contribution in [3.8, 4) is 22.3 Å². The van der Waals surface area contributed by atoms with Crippen LogP contribution in [0, 0.1) is 0 Å². The lowest BCUT2D eigenvalue weighted by molar-refractivity contribution is 0.590. The highest BCUT2D eigenvalue weighted by atomic mass is 32.2. The fourth-order valence-corrected chi connectivity index (χ4v) is 7.21. The molecule has 0 amide bonds. The summed E-state index contributed by atoms with van der Waals surface area (Å²) in [6.45, 7) is 0. The molecule has 2 unspecified atom stereocenters. The molecule has 0 spiro atoms. The Bertz CT molecular complexity index is 1370. The highest BCUT2D eigenvalue weighted by molar-refractivity contribution is 7.92. The number of benzene rings is 4. The van der Waals surface area contributed by atoms with E-state index in [0.717, 1.165) is 44.2 Å². The largest absolute Gasteiger partial charge is 0.227 e. The molecule has 4 aromatic carbocycles. The summed E-state index contributed by atoms with van der Waals surface area (Å²) < 4.78 is 27.4. The van der Waals surface area contributed by atoms with Gasteiger partial charge in [0.15, 0.2) is 9.84 Å². The fourth-order valence-electron chi connectivity index (χ4n) is 5.13. The van der Waals surface area contributed by atoms with Gasteiger partial charge in [0, 0.05) is 0 Å². The standard InChI is InChI=1S/C28H20O2S/c29-31(30)23-17-9-10-18-24(31)28-26(20-13-5-2-6-14-20)22-16-8-7-15-21(22)25(27(23)28)19-11-3-1-4-12-19/h1-18,23-24H. The van der Waals surface area contributed by atoms with E-state index in [1.54, 1.807) is 0 Å². The topological polar surface area (TPSA) is 34.1 Å². The Hall–Kier alpha value is -3.43. The lowest BCUT2D eigenvalue weighted by atomic mass is 9.81. The van der Waals surface area contributed by atoms with Crippen molar-refractivity contribution in [1.82, 2.24) is 0 Å². The normalized spacial score (nSPS) is 20.5. The van der Waals surface area contributed by atoms with Gasteiger partial charge in [-0.25, -0.2) is 8.42 Å². The Labute approximate surface area is 182 Å². The van der Waals surface area contributed by atoms with Crippen LogP contribution in [0.25, 0.3) is 33.0 Å². The van der Waals surface area contributed by atoms with Crippen molar-refractivity contribution in [2.45, 2.75) is 10.5 Å². The second-order valence-electron chi connectivity index (χ2n) is 8.06. The first-order valence-electron chi connectivity index (χ1n) is 10.4. The molecule has 0 aliphatic carbocycles. The Kier molecular flexibility index (Phi) is 4.02. The van der Waals surface area contributed by atoms with Crippen molar-refractivity contribution in [2.24, 2.45) is 0 Å². The summed E-state index contributed by atoms with van der Waals surface area (Å²) in [7, 11) is -3.44. The molecule has 150 valence electrons. The minimum atomic E-state index is -3.44. The molecule has 3 heteroatoms. The van der Waals surface area contributed by atoms with Crippen LogP contribution in [0.5, 0.6) is 0 Å². The van der Waals surface area contributed by atoms with E-state index in [1.165, 1.54) is 0 Å². The summed E-state index contributed by atoms with van der Waals surface area (Å²) in [5.41, 5.74) is 6.01. The predicted molar refractivity (Wildman–Crippen MR) is 128 cm³/mol. The van der Waals surface area contributed by atoms with E-state index in [0.29, 0.717) is 0 Å². The maximum Gasteiger partial charge on any atom is 0.171 e. The van der Waals surface area contributed by atoms with Crippen molar-refractivity contribution in [3.05, 3.63) is 120 Å². The van der Waals surface area contributed by atoms with E-state index in [4.69, 9.17) is 0 Å². The average Bonchev–Trinajstić information content (AvgIpc) is 2.90. The summed E-state index contributed by atoms with van der Waals surface area (Å²) in [5.74, 6) is 0. The zero-order chi connectivity index (χ0) is 21.0. The van der Waals surface area contributed by atoms with Gasteiger partial charge in [0.2, 0.25) is 0 Å². The molecule has 2 bridgehead atoms. The van der Waals surface area contributed by atoms with Gasteiger partial charge in [0.1, 0.15) is 10.5 Å². The molecule has 2 nitrogen and oxygen atoms in total. The Morgan fingerprint density at radius 2 is 0.903 bits per heavy atom. The molecule has 2 aliphatic rings. The third-order valence-corrected chi connectivity index (χ3v) is 8.58. The Morgan fingerprint density at radius 3 is 1.32 bits per heavy atom. The van der Waals surface area contributed by atoms with Crippen LogP contribution < -0.4 is 0 Å².